The van der Waals surface area contributed by atoms with Gasteiger partial charge in [0.25, 0.3) is 0 Å². The van der Waals surface area contributed by atoms with E-state index in [1.165, 1.54) is 5.56 Å². The molecule has 0 aliphatic carbocycles. The molecule has 0 saturated carbocycles. The molecule has 0 aromatic heterocycles. The highest BCUT2D eigenvalue weighted by atomic mass is 16.4. The highest BCUT2D eigenvalue weighted by Gasteiger charge is 2.13. The van der Waals surface area contributed by atoms with Gasteiger partial charge in [-0.05, 0) is 24.0 Å². The molecule has 2 rings (SSSR count). The number of carboxylic acids is 1. The van der Waals surface area contributed by atoms with Gasteiger partial charge in [0.1, 0.15) is 0 Å². The van der Waals surface area contributed by atoms with Gasteiger partial charge < -0.3 is 10.4 Å². The number of rotatable bonds is 2. The van der Waals surface area contributed by atoms with E-state index in [4.69, 9.17) is 5.11 Å². The fourth-order valence-electron chi connectivity index (χ4n) is 1.89. The third-order valence-electron chi connectivity index (χ3n) is 2.50. The second kappa shape index (κ2) is 3.70. The number of anilines is 1. The summed E-state index contributed by atoms with van der Waals surface area (Å²) in [5.41, 5.74) is 3.19. The predicted molar refractivity (Wildman–Crippen MR) is 54.6 cm³/mol. The molecule has 3 nitrogen and oxygen atoms in total. The van der Waals surface area contributed by atoms with E-state index >= 15 is 0 Å². The number of fused-ring (bicyclic) bond motifs is 1. The zero-order chi connectivity index (χ0) is 9.97. The first-order valence-electron chi connectivity index (χ1n) is 4.84. The minimum Gasteiger partial charge on any atom is -0.481 e. The average molecular weight is 191 g/mol. The van der Waals surface area contributed by atoms with Crippen molar-refractivity contribution >= 4 is 11.7 Å². The number of carboxylic acid groups (broad SMARTS) is 1. The Morgan fingerprint density at radius 1 is 1.50 bits per heavy atom. The lowest BCUT2D eigenvalue weighted by molar-refractivity contribution is -0.136. The number of aryl methyl sites for hydroxylation is 1. The molecule has 0 bridgehead atoms. The van der Waals surface area contributed by atoms with E-state index in [1.807, 2.05) is 12.1 Å². The molecule has 0 saturated heterocycles. The molecule has 0 unspecified atom stereocenters. The summed E-state index contributed by atoms with van der Waals surface area (Å²) in [6.45, 7) is 0.948. The fourth-order valence-corrected chi connectivity index (χ4v) is 1.89. The lowest BCUT2D eigenvalue weighted by Crippen LogP contribution is -2.15. The van der Waals surface area contributed by atoms with E-state index in [1.54, 1.807) is 0 Å². The maximum atomic E-state index is 10.6. The summed E-state index contributed by atoms with van der Waals surface area (Å²) in [5.74, 6) is -0.772. The average Bonchev–Trinajstić information content (AvgIpc) is 2.18. The fraction of sp³-hybridized carbons (Fsp3) is 0.364. The monoisotopic (exact) mass is 191 g/mol. The second-order valence-electron chi connectivity index (χ2n) is 3.55. The van der Waals surface area contributed by atoms with E-state index < -0.39 is 5.97 Å². The Morgan fingerprint density at radius 2 is 2.36 bits per heavy atom. The summed E-state index contributed by atoms with van der Waals surface area (Å²) in [4.78, 5) is 10.6. The number of benzene rings is 1. The van der Waals surface area contributed by atoms with Crippen molar-refractivity contribution in [2.75, 3.05) is 11.9 Å². The maximum absolute atomic E-state index is 10.6. The van der Waals surface area contributed by atoms with Crippen LogP contribution in [-0.4, -0.2) is 17.6 Å². The molecule has 0 radical (unpaired) electrons. The molecule has 0 atom stereocenters. The van der Waals surface area contributed by atoms with Gasteiger partial charge in [-0.15, -0.1) is 0 Å². The standard InChI is InChI=1S/C11H13NO2/c13-10(14)7-9-4-1-3-8-5-2-6-12-11(8)9/h1,3-4,12H,2,5-7H2,(H,13,14). The lowest BCUT2D eigenvalue weighted by atomic mass is 9.98. The summed E-state index contributed by atoms with van der Waals surface area (Å²) >= 11 is 0. The van der Waals surface area contributed by atoms with Crippen LogP contribution in [0.4, 0.5) is 5.69 Å². The Bertz CT molecular complexity index is 360. The minimum absolute atomic E-state index is 0.107. The molecular weight excluding hydrogens is 178 g/mol. The Balaban J connectivity index is 2.35. The van der Waals surface area contributed by atoms with Crippen molar-refractivity contribution in [3.8, 4) is 0 Å². The van der Waals surface area contributed by atoms with Crippen LogP contribution in [0.1, 0.15) is 17.5 Å². The van der Waals surface area contributed by atoms with Crippen molar-refractivity contribution in [2.24, 2.45) is 0 Å². The first-order chi connectivity index (χ1) is 6.77. The smallest absolute Gasteiger partial charge is 0.307 e. The van der Waals surface area contributed by atoms with Crippen molar-refractivity contribution in [3.05, 3.63) is 29.3 Å². The molecule has 1 aromatic rings. The Kier molecular flexibility index (Phi) is 2.39. The van der Waals surface area contributed by atoms with Crippen molar-refractivity contribution in [1.82, 2.24) is 0 Å². The van der Waals surface area contributed by atoms with Crippen LogP contribution in [-0.2, 0) is 17.6 Å². The van der Waals surface area contributed by atoms with Gasteiger partial charge in [-0.3, -0.25) is 4.79 Å². The summed E-state index contributed by atoms with van der Waals surface area (Å²) in [7, 11) is 0. The number of para-hydroxylation sites is 1. The van der Waals surface area contributed by atoms with Crippen molar-refractivity contribution in [2.45, 2.75) is 19.3 Å². The van der Waals surface area contributed by atoms with E-state index in [9.17, 15) is 4.79 Å². The summed E-state index contributed by atoms with van der Waals surface area (Å²) in [6, 6.07) is 5.88. The quantitative estimate of drug-likeness (QED) is 0.747. The van der Waals surface area contributed by atoms with Crippen LogP contribution in [0.2, 0.25) is 0 Å². The highest BCUT2D eigenvalue weighted by Crippen LogP contribution is 2.26. The van der Waals surface area contributed by atoms with E-state index in [0.29, 0.717) is 0 Å². The van der Waals surface area contributed by atoms with Crippen molar-refractivity contribution < 1.29 is 9.90 Å². The Labute approximate surface area is 82.8 Å². The van der Waals surface area contributed by atoms with Gasteiger partial charge in [-0.25, -0.2) is 0 Å². The summed E-state index contributed by atoms with van der Waals surface area (Å²) in [5, 5.41) is 12.0. The van der Waals surface area contributed by atoms with E-state index in [2.05, 4.69) is 11.4 Å². The summed E-state index contributed by atoms with van der Waals surface area (Å²) < 4.78 is 0. The van der Waals surface area contributed by atoms with Crippen LogP contribution < -0.4 is 5.32 Å². The third-order valence-corrected chi connectivity index (χ3v) is 2.50. The first-order valence-corrected chi connectivity index (χ1v) is 4.84. The van der Waals surface area contributed by atoms with Gasteiger partial charge >= 0.3 is 5.97 Å². The molecule has 3 heteroatoms. The molecule has 14 heavy (non-hydrogen) atoms. The van der Waals surface area contributed by atoms with Gasteiger partial charge in [0.05, 0.1) is 6.42 Å². The molecule has 2 N–H and O–H groups in total. The van der Waals surface area contributed by atoms with E-state index in [0.717, 1.165) is 30.6 Å². The van der Waals surface area contributed by atoms with Crippen LogP contribution >= 0.6 is 0 Å². The molecule has 74 valence electrons. The SMILES string of the molecule is O=C(O)Cc1cccc2c1NCCC2. The van der Waals surface area contributed by atoms with Crippen LogP contribution in [0, 0.1) is 0 Å². The summed E-state index contributed by atoms with van der Waals surface area (Å²) in [6.07, 6.45) is 2.29. The van der Waals surface area contributed by atoms with Crippen LogP contribution in [0.25, 0.3) is 0 Å². The molecule has 0 spiro atoms. The van der Waals surface area contributed by atoms with Gasteiger partial charge in [-0.1, -0.05) is 18.2 Å². The highest BCUT2D eigenvalue weighted by molar-refractivity contribution is 5.74. The van der Waals surface area contributed by atoms with Gasteiger partial charge in [0.15, 0.2) is 0 Å². The number of aliphatic carboxylic acids is 1. The molecule has 1 aromatic carbocycles. The largest absolute Gasteiger partial charge is 0.481 e. The molecule has 1 aliphatic rings. The number of hydrogen-bond acceptors (Lipinski definition) is 2. The lowest BCUT2D eigenvalue weighted by Gasteiger charge is -2.20. The molecule has 0 amide bonds. The predicted octanol–water partition coefficient (Wildman–Crippen LogP) is 1.67. The van der Waals surface area contributed by atoms with Gasteiger partial charge in [0.2, 0.25) is 0 Å². The number of nitrogens with one attached hydrogen (secondary N) is 1. The zero-order valence-electron chi connectivity index (χ0n) is 7.92. The first kappa shape index (κ1) is 9.06. The normalized spacial score (nSPS) is 14.3. The van der Waals surface area contributed by atoms with E-state index in [-0.39, 0.29) is 6.42 Å². The Hall–Kier alpha value is -1.51. The zero-order valence-corrected chi connectivity index (χ0v) is 7.92. The van der Waals surface area contributed by atoms with Crippen LogP contribution in [0.3, 0.4) is 0 Å². The number of hydrogen-bond donors (Lipinski definition) is 2. The molecule has 1 aliphatic heterocycles. The topological polar surface area (TPSA) is 49.3 Å². The van der Waals surface area contributed by atoms with Gasteiger partial charge in [-0.2, -0.15) is 0 Å². The second-order valence-corrected chi connectivity index (χ2v) is 3.55. The third kappa shape index (κ3) is 1.71. The van der Waals surface area contributed by atoms with Crippen molar-refractivity contribution in [1.29, 1.82) is 0 Å². The number of carbonyl (C=O) groups is 1. The van der Waals surface area contributed by atoms with Gasteiger partial charge in [0, 0.05) is 12.2 Å². The van der Waals surface area contributed by atoms with Crippen LogP contribution in [0.15, 0.2) is 18.2 Å². The molecular formula is C11H13NO2. The maximum Gasteiger partial charge on any atom is 0.307 e. The molecule has 1 heterocycles. The Morgan fingerprint density at radius 3 is 3.14 bits per heavy atom. The van der Waals surface area contributed by atoms with Crippen molar-refractivity contribution in [3.63, 3.8) is 0 Å². The molecule has 0 fully saturated rings. The minimum atomic E-state index is -0.772. The van der Waals surface area contributed by atoms with Crippen LogP contribution in [0.5, 0.6) is 0 Å².